The van der Waals surface area contributed by atoms with Crippen LogP contribution in [0.3, 0.4) is 0 Å². The zero-order chi connectivity index (χ0) is 31.0. The summed E-state index contributed by atoms with van der Waals surface area (Å²) in [5, 5.41) is 13.8. The molecule has 0 unspecified atom stereocenters. The van der Waals surface area contributed by atoms with Gasteiger partial charge in [0.25, 0.3) is 0 Å². The summed E-state index contributed by atoms with van der Waals surface area (Å²) in [6.45, 7) is 14.6. The van der Waals surface area contributed by atoms with Gasteiger partial charge in [0.15, 0.2) is 11.6 Å². The molecule has 0 amide bonds. The molecule has 3 aliphatic heterocycles. The number of fused-ring (bicyclic) bond motifs is 2. The zero-order valence-corrected chi connectivity index (χ0v) is 25.5. The maximum absolute atomic E-state index is 17.2. The molecular weight excluding hydrogens is 553 g/mol. The summed E-state index contributed by atoms with van der Waals surface area (Å²) in [5.74, 6) is -6.61. The van der Waals surface area contributed by atoms with Gasteiger partial charge in [0.2, 0.25) is 5.36 Å². The van der Waals surface area contributed by atoms with Crippen LogP contribution in [-0.2, 0) is 0 Å². The van der Waals surface area contributed by atoms with Gasteiger partial charge in [-0.25, -0.2) is 17.7 Å². The highest BCUT2D eigenvalue weighted by Crippen LogP contribution is 2.52. The fourth-order valence-electron chi connectivity index (χ4n) is 7.20. The zero-order valence-electron chi connectivity index (χ0n) is 25.5. The number of benzene rings is 3. The maximum Gasteiger partial charge on any atom is 0.203 e. The Hall–Kier alpha value is -3.81. The molecule has 0 saturated carbocycles. The minimum absolute atomic E-state index is 0.139. The number of rotatable bonds is 4. The number of anilines is 1. The lowest BCUT2D eigenvalue weighted by Crippen LogP contribution is -2.40. The van der Waals surface area contributed by atoms with Crippen LogP contribution in [0.2, 0.25) is 0 Å². The number of carboxylic acids is 1. The number of nitrogens with zero attached hydrogens (tertiary/aromatic N) is 2. The number of carbonyl (C=O) groups is 1. The third-order valence-electron chi connectivity index (χ3n) is 8.96. The summed E-state index contributed by atoms with van der Waals surface area (Å²) in [4.78, 5) is 14.7. The van der Waals surface area contributed by atoms with Gasteiger partial charge in [0.05, 0.1) is 18.5 Å². The second-order valence-electron chi connectivity index (χ2n) is 14.1. The van der Waals surface area contributed by atoms with Crippen molar-refractivity contribution < 1.29 is 27.5 Å². The molecule has 0 N–H and O–H groups in total. The molecule has 0 aromatic heterocycles. The second kappa shape index (κ2) is 10.1. The summed E-state index contributed by atoms with van der Waals surface area (Å²) in [5.41, 5.74) is -1.66. The van der Waals surface area contributed by atoms with Crippen LogP contribution in [0.1, 0.15) is 76.2 Å². The van der Waals surface area contributed by atoms with Crippen molar-refractivity contribution in [3.8, 4) is 22.5 Å². The molecule has 2 saturated heterocycles. The lowest BCUT2D eigenvalue weighted by atomic mass is 9.63. The number of hydrogen-bond donors (Lipinski definition) is 0. The molecule has 0 bridgehead atoms. The van der Waals surface area contributed by atoms with Gasteiger partial charge in [-0.1, -0.05) is 41.5 Å². The van der Waals surface area contributed by atoms with Crippen molar-refractivity contribution in [2.24, 2.45) is 10.8 Å². The molecule has 0 radical (unpaired) electrons. The quantitative estimate of drug-likeness (QED) is 0.154. The molecule has 226 valence electrons. The van der Waals surface area contributed by atoms with Crippen molar-refractivity contribution in [3.05, 3.63) is 70.3 Å². The largest absolute Gasteiger partial charge is 0.545 e. The van der Waals surface area contributed by atoms with Gasteiger partial charge in [-0.2, -0.15) is 0 Å². The maximum atomic E-state index is 17.2. The SMILES string of the molecule is CC(C)(C)C(c1c(F)c(F)c(C(=O)[O-])c(-c2c3ccc(=[N+]4CCC4)cc-3oc3cc(N4CCC4)ccc23)c1F)C(C)(C)C. The Morgan fingerprint density at radius 3 is 2.09 bits per heavy atom. The molecular formula is C35H37F3N2O3. The molecule has 3 heterocycles. The first kappa shape index (κ1) is 29.3. The Labute approximate surface area is 249 Å². The van der Waals surface area contributed by atoms with E-state index in [0.29, 0.717) is 22.3 Å². The van der Waals surface area contributed by atoms with Crippen LogP contribution in [0.15, 0.2) is 40.8 Å². The predicted octanol–water partition coefficient (Wildman–Crippen LogP) is 6.55. The fourth-order valence-corrected chi connectivity index (χ4v) is 7.20. The van der Waals surface area contributed by atoms with Gasteiger partial charge >= 0.3 is 0 Å². The van der Waals surface area contributed by atoms with Crippen LogP contribution >= 0.6 is 0 Å². The van der Waals surface area contributed by atoms with E-state index in [4.69, 9.17) is 4.42 Å². The van der Waals surface area contributed by atoms with Crippen molar-refractivity contribution in [1.82, 2.24) is 4.58 Å². The summed E-state index contributed by atoms with van der Waals surface area (Å²) in [7, 11) is 0. The van der Waals surface area contributed by atoms with Gasteiger partial charge in [0.1, 0.15) is 30.3 Å². The van der Waals surface area contributed by atoms with Crippen molar-refractivity contribution in [2.75, 3.05) is 31.1 Å². The van der Waals surface area contributed by atoms with E-state index in [1.165, 1.54) is 0 Å². The van der Waals surface area contributed by atoms with Gasteiger partial charge in [-0.3, -0.25) is 0 Å². The first-order valence-electron chi connectivity index (χ1n) is 14.9. The Balaban J connectivity index is 1.77. The van der Waals surface area contributed by atoms with Crippen LogP contribution in [0.5, 0.6) is 0 Å². The lowest BCUT2D eigenvalue weighted by molar-refractivity contribution is -0.255. The average molecular weight is 591 g/mol. The normalized spacial score (nSPS) is 15.8. The van der Waals surface area contributed by atoms with Gasteiger partial charge in [-0.15, -0.1) is 0 Å². The van der Waals surface area contributed by atoms with Crippen molar-refractivity contribution in [2.45, 2.75) is 60.3 Å². The molecule has 2 aromatic carbocycles. The third kappa shape index (κ3) is 4.79. The number of halogens is 3. The van der Waals surface area contributed by atoms with Crippen LogP contribution in [-0.4, -0.2) is 32.1 Å². The summed E-state index contributed by atoms with van der Waals surface area (Å²) in [6, 6.07) is 10.9. The highest BCUT2D eigenvalue weighted by Gasteiger charge is 2.43. The minimum atomic E-state index is -1.99. The monoisotopic (exact) mass is 590 g/mol. The van der Waals surface area contributed by atoms with Crippen molar-refractivity contribution in [1.29, 1.82) is 0 Å². The molecule has 6 rings (SSSR count). The molecule has 4 aliphatic rings. The van der Waals surface area contributed by atoms with Crippen LogP contribution < -0.4 is 19.9 Å². The number of carbonyl (C=O) groups excluding carboxylic acids is 1. The summed E-state index contributed by atoms with van der Waals surface area (Å²) in [6.07, 6.45) is 2.13. The second-order valence-corrected chi connectivity index (χ2v) is 14.1. The van der Waals surface area contributed by atoms with Crippen LogP contribution in [0.25, 0.3) is 33.4 Å². The molecule has 0 atom stereocenters. The molecule has 43 heavy (non-hydrogen) atoms. The predicted molar refractivity (Wildman–Crippen MR) is 161 cm³/mol. The molecule has 5 nitrogen and oxygen atoms in total. The Kier molecular flexibility index (Phi) is 6.90. The van der Waals surface area contributed by atoms with E-state index in [1.54, 1.807) is 12.1 Å². The highest BCUT2D eigenvalue weighted by atomic mass is 19.2. The number of aromatic carboxylic acids is 1. The highest BCUT2D eigenvalue weighted by molar-refractivity contribution is 6.08. The van der Waals surface area contributed by atoms with Gasteiger partial charge in [0, 0.05) is 64.1 Å². The average Bonchev–Trinajstić information content (AvgIpc) is 2.83. The third-order valence-corrected chi connectivity index (χ3v) is 8.96. The van der Waals surface area contributed by atoms with E-state index in [2.05, 4.69) is 9.48 Å². The smallest absolute Gasteiger partial charge is 0.203 e. The first-order valence-corrected chi connectivity index (χ1v) is 14.9. The topological polar surface area (TPSA) is 59.5 Å². The van der Waals surface area contributed by atoms with Crippen LogP contribution in [0, 0.1) is 28.3 Å². The standard InChI is InChI=1S/C35H37F3N2O3/c1-34(2,3)32(35(4,5)6)28-29(36)26(27(33(41)42)30(37)31(28)38)25-21-11-9-19(39-13-7-14-39)17-23(21)43-24-18-20(10-12-22(24)25)40-15-8-16-40/h9-12,17-18,32H,7-8,13-16H2,1-6H3. The van der Waals surface area contributed by atoms with E-state index >= 15 is 13.2 Å². The Morgan fingerprint density at radius 2 is 1.56 bits per heavy atom. The van der Waals surface area contributed by atoms with Crippen molar-refractivity contribution >= 4 is 22.6 Å². The molecule has 0 spiro atoms. The number of hydrogen-bond acceptors (Lipinski definition) is 4. The Bertz CT molecular complexity index is 1800. The summed E-state index contributed by atoms with van der Waals surface area (Å²) >= 11 is 0. The molecule has 2 aromatic rings. The van der Waals surface area contributed by atoms with E-state index in [-0.39, 0.29) is 5.56 Å². The van der Waals surface area contributed by atoms with E-state index in [0.717, 1.165) is 50.1 Å². The van der Waals surface area contributed by atoms with Gasteiger partial charge in [-0.05, 0) is 41.4 Å². The number of carboxylic acid groups (broad SMARTS) is 1. The van der Waals surface area contributed by atoms with E-state index in [1.807, 2.05) is 65.8 Å². The Morgan fingerprint density at radius 1 is 0.884 bits per heavy atom. The molecule has 8 heteroatoms. The molecule has 2 fully saturated rings. The molecule has 1 aliphatic carbocycles. The minimum Gasteiger partial charge on any atom is -0.545 e. The fraction of sp³-hybridized carbons (Fsp3) is 0.429. The van der Waals surface area contributed by atoms with E-state index in [9.17, 15) is 9.90 Å². The van der Waals surface area contributed by atoms with Gasteiger partial charge < -0.3 is 19.2 Å². The lowest BCUT2D eigenvalue weighted by Gasteiger charge is -2.42. The van der Waals surface area contributed by atoms with E-state index < -0.39 is 56.9 Å². The van der Waals surface area contributed by atoms with Crippen LogP contribution in [0.4, 0.5) is 18.9 Å². The first-order chi connectivity index (χ1) is 20.2. The summed E-state index contributed by atoms with van der Waals surface area (Å²) < 4.78 is 57.7. The van der Waals surface area contributed by atoms with Crippen molar-refractivity contribution in [3.63, 3.8) is 0 Å².